The third-order valence-electron chi connectivity index (χ3n) is 9.22. The number of nitrogens with zero attached hydrogens (tertiary/aromatic N) is 5. The summed E-state index contributed by atoms with van der Waals surface area (Å²) in [4.78, 5) is 75.3. The summed E-state index contributed by atoms with van der Waals surface area (Å²) in [7, 11) is 1.66. The first-order valence-electron chi connectivity index (χ1n) is 18.1. The first kappa shape index (κ1) is 39.8. The van der Waals surface area contributed by atoms with Crippen LogP contribution in [0.1, 0.15) is 65.9 Å². The monoisotopic (exact) mass is 755 g/mol. The Morgan fingerprint density at radius 2 is 1.50 bits per heavy atom. The molecule has 1 aliphatic rings. The van der Waals surface area contributed by atoms with Gasteiger partial charge in [-0.15, -0.1) is 11.3 Å². The molecule has 0 unspecified atom stereocenters. The van der Waals surface area contributed by atoms with Crippen molar-refractivity contribution in [2.45, 2.75) is 71.4 Å². The molecular weight excluding hydrogens is 707 g/mol. The van der Waals surface area contributed by atoms with Crippen molar-refractivity contribution in [3.63, 3.8) is 0 Å². The summed E-state index contributed by atoms with van der Waals surface area (Å²) in [5.74, 6) is -2.52. The van der Waals surface area contributed by atoms with Crippen LogP contribution in [0, 0.1) is 5.92 Å². The van der Waals surface area contributed by atoms with Gasteiger partial charge in [0.05, 0.1) is 19.1 Å². The highest BCUT2D eigenvalue weighted by Crippen LogP contribution is 2.23. The number of nitrogens with one attached hydrogen (secondary N) is 4. The van der Waals surface area contributed by atoms with E-state index in [1.54, 1.807) is 39.4 Å². The highest BCUT2D eigenvalue weighted by Gasteiger charge is 2.31. The number of carbonyl (C=O) groups excluding carboxylic acids is 5. The topological polar surface area (TPSA) is 171 Å². The maximum Gasteiger partial charge on any atom is 0.271 e. The number of likely N-dealkylation sites (N-methyl/N-ethyl adjacent to an activating group) is 1. The fourth-order valence-electron chi connectivity index (χ4n) is 6.09. The van der Waals surface area contributed by atoms with E-state index < -0.39 is 41.9 Å². The number of amides is 5. The molecule has 54 heavy (non-hydrogen) atoms. The Labute approximate surface area is 319 Å². The quantitative estimate of drug-likeness (QED) is 0.223. The Hall–Kier alpha value is -5.41. The maximum absolute atomic E-state index is 13.9. The molecule has 3 heterocycles. The lowest BCUT2D eigenvalue weighted by Gasteiger charge is -2.29. The fraction of sp³-hybridized carbons (Fsp3) is 0.410. The lowest BCUT2D eigenvalue weighted by molar-refractivity contribution is -0.136. The van der Waals surface area contributed by atoms with Crippen molar-refractivity contribution in [1.29, 1.82) is 0 Å². The largest absolute Gasteiger partial charge is 0.345 e. The second-order valence-electron chi connectivity index (χ2n) is 14.0. The average Bonchev–Trinajstić information content (AvgIpc) is 3.86. The molecule has 0 fully saturated rings. The van der Waals surface area contributed by atoms with Crippen LogP contribution < -0.4 is 21.3 Å². The number of aromatic nitrogens is 3. The average molecular weight is 756 g/mol. The Morgan fingerprint density at radius 3 is 2.17 bits per heavy atom. The minimum Gasteiger partial charge on any atom is -0.345 e. The van der Waals surface area contributed by atoms with Crippen molar-refractivity contribution < 1.29 is 24.0 Å². The highest BCUT2D eigenvalue weighted by molar-refractivity contribution is 7.09. The summed E-state index contributed by atoms with van der Waals surface area (Å²) in [6.45, 7) is 8.42. The fourth-order valence-corrected chi connectivity index (χ4v) is 6.94. The summed E-state index contributed by atoms with van der Waals surface area (Å²) >= 11 is 1.25. The van der Waals surface area contributed by atoms with Gasteiger partial charge in [0.25, 0.3) is 5.91 Å². The maximum atomic E-state index is 13.9. The lowest BCUT2D eigenvalue weighted by Crippen LogP contribution is -2.57. The van der Waals surface area contributed by atoms with Gasteiger partial charge >= 0.3 is 0 Å². The Bertz CT molecular complexity index is 1880. The number of hydrogen-bond donors (Lipinski definition) is 4. The van der Waals surface area contributed by atoms with Crippen LogP contribution in [-0.4, -0.2) is 98.9 Å². The van der Waals surface area contributed by atoms with E-state index in [4.69, 9.17) is 0 Å². The van der Waals surface area contributed by atoms with Crippen LogP contribution in [0.2, 0.25) is 0 Å². The number of hydrogen-bond acceptors (Lipinski definition) is 9. The van der Waals surface area contributed by atoms with E-state index in [2.05, 4.69) is 31.3 Å². The molecule has 15 heteroatoms. The lowest BCUT2D eigenvalue weighted by atomic mass is 10.0. The zero-order chi connectivity index (χ0) is 38.8. The van der Waals surface area contributed by atoms with Crippen LogP contribution in [0.3, 0.4) is 0 Å². The van der Waals surface area contributed by atoms with Gasteiger partial charge in [0.15, 0.2) is 0 Å². The summed E-state index contributed by atoms with van der Waals surface area (Å²) in [6.07, 6.45) is 4.08. The van der Waals surface area contributed by atoms with Gasteiger partial charge in [-0.2, -0.15) is 5.10 Å². The van der Waals surface area contributed by atoms with Gasteiger partial charge in [0.2, 0.25) is 23.6 Å². The predicted octanol–water partition coefficient (Wildman–Crippen LogP) is 2.53. The van der Waals surface area contributed by atoms with E-state index in [0.717, 1.165) is 16.7 Å². The number of fused-ring (bicyclic) bond motifs is 2. The molecular formula is C39H49N9O5S. The van der Waals surface area contributed by atoms with Gasteiger partial charge in [0.1, 0.15) is 28.8 Å². The zero-order valence-electron chi connectivity index (χ0n) is 31.3. The van der Waals surface area contributed by atoms with Gasteiger partial charge in [0, 0.05) is 44.5 Å². The van der Waals surface area contributed by atoms with Crippen LogP contribution >= 0.6 is 11.3 Å². The number of thiazole rings is 1. The molecule has 2 bridgehead atoms. The number of benzene rings is 2. The summed E-state index contributed by atoms with van der Waals surface area (Å²) < 4.78 is 1.85. The van der Waals surface area contributed by atoms with E-state index in [9.17, 15) is 24.0 Å². The van der Waals surface area contributed by atoms with E-state index in [0.29, 0.717) is 31.1 Å². The van der Waals surface area contributed by atoms with Gasteiger partial charge in [-0.25, -0.2) is 4.98 Å². The molecule has 2 aromatic heterocycles. The van der Waals surface area contributed by atoms with E-state index >= 15 is 0 Å². The van der Waals surface area contributed by atoms with Crippen LogP contribution in [-0.2, 0) is 38.7 Å². The minimum atomic E-state index is -0.991. The van der Waals surface area contributed by atoms with Gasteiger partial charge in [-0.1, -0.05) is 68.4 Å². The number of carbonyl (C=O) groups is 5. The van der Waals surface area contributed by atoms with E-state index in [1.165, 1.54) is 23.2 Å². The smallest absolute Gasteiger partial charge is 0.271 e. The van der Waals surface area contributed by atoms with Crippen LogP contribution in [0.25, 0.3) is 0 Å². The van der Waals surface area contributed by atoms with Crippen LogP contribution in [0.4, 0.5) is 0 Å². The molecule has 4 atom stereocenters. The molecule has 0 saturated carbocycles. The molecule has 0 spiro atoms. The van der Waals surface area contributed by atoms with E-state index in [1.807, 2.05) is 76.4 Å². The van der Waals surface area contributed by atoms with Gasteiger partial charge in [-0.05, 0) is 48.9 Å². The van der Waals surface area contributed by atoms with Crippen molar-refractivity contribution >= 4 is 40.9 Å². The van der Waals surface area contributed by atoms with Crippen molar-refractivity contribution in [3.05, 3.63) is 106 Å². The SMILES string of the molecule is CC(C)[C@@H]1NC(=O)[C@H](C)NC(=O)c2csc(n2)[C@H](Cc2ccccc2)NC(=O)CN(Cc2ccc(Cn3cccn3)cc2)CCN(C)C(=O)[C@@H](C)NC1=O. The van der Waals surface area contributed by atoms with Gasteiger partial charge < -0.3 is 26.2 Å². The molecule has 0 saturated heterocycles. The Kier molecular flexibility index (Phi) is 13.7. The predicted molar refractivity (Wildman–Crippen MR) is 205 cm³/mol. The Morgan fingerprint density at radius 1 is 0.796 bits per heavy atom. The highest BCUT2D eigenvalue weighted by atomic mass is 32.1. The molecule has 0 radical (unpaired) electrons. The summed E-state index contributed by atoms with van der Waals surface area (Å²) in [5.41, 5.74) is 3.15. The number of rotatable bonds is 7. The zero-order valence-corrected chi connectivity index (χ0v) is 32.1. The molecule has 5 amide bonds. The molecule has 4 N–H and O–H groups in total. The second kappa shape index (κ2) is 18.6. The molecule has 286 valence electrons. The standard InChI is InChI=1S/C39H49N9O5S/c1-25(2)34-37(52)42-27(4)39(53)46(5)18-19-47(21-29-12-14-30(15-13-29)22-48-17-9-16-40-48)23-33(49)43-31(20-28-10-7-6-8-11-28)38-44-32(24-54-38)36(51)41-26(3)35(50)45-34/h6-17,24-27,31,34H,18-23H2,1-5H3,(H,41,51)(H,42,52)(H,43,49)(H,45,50)/t26-,27+,31-,34-/m0/s1. The summed E-state index contributed by atoms with van der Waals surface area (Å²) in [5, 5.41) is 17.7. The van der Waals surface area contributed by atoms with E-state index in [-0.39, 0.29) is 36.5 Å². The van der Waals surface area contributed by atoms with Crippen molar-refractivity contribution in [2.24, 2.45) is 5.92 Å². The molecule has 5 rings (SSSR count). The molecule has 14 nitrogen and oxygen atoms in total. The van der Waals surface area contributed by atoms with Crippen LogP contribution in [0.5, 0.6) is 0 Å². The first-order valence-corrected chi connectivity index (χ1v) is 19.0. The summed E-state index contributed by atoms with van der Waals surface area (Å²) in [6, 6.07) is 16.3. The van der Waals surface area contributed by atoms with Crippen molar-refractivity contribution in [2.75, 3.05) is 26.7 Å². The Balaban J connectivity index is 1.42. The molecule has 0 aliphatic carbocycles. The molecule has 2 aromatic carbocycles. The second-order valence-corrected chi connectivity index (χ2v) is 14.9. The van der Waals surface area contributed by atoms with Gasteiger partial charge in [-0.3, -0.25) is 33.6 Å². The third kappa shape index (κ3) is 11.1. The third-order valence-corrected chi connectivity index (χ3v) is 10.2. The molecule has 1 aliphatic heterocycles. The minimum absolute atomic E-state index is 0.0226. The van der Waals surface area contributed by atoms with Crippen LogP contribution in [0.15, 0.2) is 78.4 Å². The molecule has 4 aromatic rings. The first-order chi connectivity index (χ1) is 25.9. The normalized spacial score (nSPS) is 21.5. The van der Waals surface area contributed by atoms with Crippen molar-refractivity contribution in [3.8, 4) is 0 Å². The van der Waals surface area contributed by atoms with Crippen molar-refractivity contribution in [1.82, 2.24) is 45.8 Å².